The predicted molar refractivity (Wildman–Crippen MR) is 39.6 cm³/mol. The van der Waals surface area contributed by atoms with Gasteiger partial charge in [-0.1, -0.05) is 0 Å². The minimum atomic E-state index is -0.524. The van der Waals surface area contributed by atoms with E-state index >= 15 is 0 Å². The van der Waals surface area contributed by atoms with Crippen LogP contribution < -0.4 is 11.1 Å². The smallest absolute Gasteiger partial charge is 0.107 e. The Kier molecular flexibility index (Phi) is 2.63. The van der Waals surface area contributed by atoms with Gasteiger partial charge < -0.3 is 11.1 Å². The number of halogens is 1. The first-order chi connectivity index (χ1) is 4.77. The molecule has 0 spiro atoms. The molecule has 0 aromatic carbocycles. The first kappa shape index (κ1) is 7.95. The van der Waals surface area contributed by atoms with Gasteiger partial charge in [0.05, 0.1) is 0 Å². The maximum absolute atomic E-state index is 12.3. The molecule has 0 aromatic rings. The average Bonchev–Trinajstić information content (AvgIpc) is 2.15. The van der Waals surface area contributed by atoms with E-state index in [0.29, 0.717) is 0 Å². The highest BCUT2D eigenvalue weighted by Crippen LogP contribution is 2.16. The molecular formula is C7H15FN2. The Hall–Kier alpha value is -0.150. The van der Waals surface area contributed by atoms with Gasteiger partial charge in [-0.2, -0.15) is 0 Å². The molecule has 1 unspecified atom stereocenters. The molecule has 1 aliphatic heterocycles. The molecule has 0 saturated carbocycles. The monoisotopic (exact) mass is 146 g/mol. The topological polar surface area (TPSA) is 38.0 Å². The number of hydrogen-bond acceptors (Lipinski definition) is 2. The molecule has 60 valence electrons. The summed E-state index contributed by atoms with van der Waals surface area (Å²) < 4.78 is 12.3. The van der Waals surface area contributed by atoms with Crippen molar-refractivity contribution in [2.75, 3.05) is 19.8 Å². The number of nitrogens with one attached hydrogen (secondary N) is 1. The van der Waals surface area contributed by atoms with Gasteiger partial charge in [0.2, 0.25) is 0 Å². The highest BCUT2D eigenvalue weighted by Gasteiger charge is 2.25. The molecule has 3 N–H and O–H groups in total. The van der Waals surface area contributed by atoms with Crippen molar-refractivity contribution in [2.24, 2.45) is 5.73 Å². The molecule has 0 bridgehead atoms. The van der Waals surface area contributed by atoms with E-state index in [1.54, 1.807) is 0 Å². The van der Waals surface area contributed by atoms with E-state index in [-0.39, 0.29) is 6.67 Å². The highest BCUT2D eigenvalue weighted by molar-refractivity contribution is 4.86. The largest absolute Gasteiger partial charge is 0.323 e. The Morgan fingerprint density at radius 1 is 1.40 bits per heavy atom. The zero-order valence-corrected chi connectivity index (χ0v) is 6.20. The van der Waals surface area contributed by atoms with Crippen LogP contribution in [0.2, 0.25) is 0 Å². The summed E-state index contributed by atoms with van der Waals surface area (Å²) in [6.07, 6.45) is 2.58. The summed E-state index contributed by atoms with van der Waals surface area (Å²) in [5.74, 6) is 0. The summed E-state index contributed by atoms with van der Waals surface area (Å²) in [6.45, 7) is 1.47. The van der Waals surface area contributed by atoms with Crippen LogP contribution in [-0.4, -0.2) is 25.3 Å². The fourth-order valence-electron chi connectivity index (χ4n) is 1.29. The van der Waals surface area contributed by atoms with Gasteiger partial charge in [-0.3, -0.25) is 0 Å². The van der Waals surface area contributed by atoms with E-state index in [2.05, 4.69) is 5.32 Å². The van der Waals surface area contributed by atoms with E-state index in [9.17, 15) is 4.39 Å². The fraction of sp³-hybridized carbons (Fsp3) is 1.00. The van der Waals surface area contributed by atoms with Crippen molar-refractivity contribution in [3.8, 4) is 0 Å². The summed E-state index contributed by atoms with van der Waals surface area (Å²) in [4.78, 5) is 0. The molecular weight excluding hydrogens is 131 g/mol. The van der Waals surface area contributed by atoms with E-state index in [1.165, 1.54) is 0 Å². The van der Waals surface area contributed by atoms with Crippen LogP contribution in [0.5, 0.6) is 0 Å². The SMILES string of the molecule is NC1(CF)CCCNCC1. The van der Waals surface area contributed by atoms with Crippen LogP contribution in [0.15, 0.2) is 0 Å². The van der Waals surface area contributed by atoms with E-state index in [1.807, 2.05) is 0 Å². The minimum Gasteiger partial charge on any atom is -0.323 e. The maximum atomic E-state index is 12.3. The Balaban J connectivity index is 2.41. The molecule has 2 nitrogen and oxygen atoms in total. The van der Waals surface area contributed by atoms with Crippen LogP contribution >= 0.6 is 0 Å². The van der Waals surface area contributed by atoms with Crippen LogP contribution in [-0.2, 0) is 0 Å². The third-order valence-corrected chi connectivity index (χ3v) is 2.09. The fourth-order valence-corrected chi connectivity index (χ4v) is 1.29. The Labute approximate surface area is 61.0 Å². The number of nitrogens with two attached hydrogens (primary N) is 1. The molecule has 1 aliphatic rings. The van der Waals surface area contributed by atoms with E-state index in [0.717, 1.165) is 32.4 Å². The normalized spacial score (nSPS) is 35.4. The molecule has 1 fully saturated rings. The first-order valence-electron chi connectivity index (χ1n) is 3.82. The Morgan fingerprint density at radius 2 is 2.20 bits per heavy atom. The number of hydrogen-bond donors (Lipinski definition) is 2. The summed E-state index contributed by atoms with van der Waals surface area (Å²) in [5, 5.41) is 3.19. The Bertz CT molecular complexity index is 97.8. The lowest BCUT2D eigenvalue weighted by Crippen LogP contribution is -2.42. The van der Waals surface area contributed by atoms with Gasteiger partial charge in [-0.05, 0) is 32.4 Å². The van der Waals surface area contributed by atoms with Gasteiger partial charge in [0.15, 0.2) is 0 Å². The van der Waals surface area contributed by atoms with Crippen molar-refractivity contribution in [3.05, 3.63) is 0 Å². The average molecular weight is 146 g/mol. The minimum absolute atomic E-state index is 0.380. The van der Waals surface area contributed by atoms with E-state index in [4.69, 9.17) is 5.73 Å². The quantitative estimate of drug-likeness (QED) is 0.563. The zero-order valence-electron chi connectivity index (χ0n) is 6.20. The highest BCUT2D eigenvalue weighted by atomic mass is 19.1. The predicted octanol–water partition coefficient (Wildman–Crippen LogP) is 0.427. The van der Waals surface area contributed by atoms with Crippen LogP contribution in [0, 0.1) is 0 Å². The summed E-state index contributed by atoms with van der Waals surface area (Å²) in [6, 6.07) is 0. The standard InChI is InChI=1S/C7H15FN2/c8-6-7(9)2-1-4-10-5-3-7/h10H,1-6,9H2. The molecule has 0 amide bonds. The second-order valence-corrected chi connectivity index (χ2v) is 3.10. The first-order valence-corrected chi connectivity index (χ1v) is 3.82. The molecule has 1 saturated heterocycles. The lowest BCUT2D eigenvalue weighted by molar-refractivity contribution is 0.281. The third kappa shape index (κ3) is 1.92. The van der Waals surface area contributed by atoms with Gasteiger partial charge in [-0.15, -0.1) is 0 Å². The van der Waals surface area contributed by atoms with Crippen molar-refractivity contribution in [3.63, 3.8) is 0 Å². The molecule has 0 radical (unpaired) electrons. The van der Waals surface area contributed by atoms with Crippen molar-refractivity contribution in [2.45, 2.75) is 24.8 Å². The van der Waals surface area contributed by atoms with Gasteiger partial charge >= 0.3 is 0 Å². The van der Waals surface area contributed by atoms with Crippen LogP contribution in [0.3, 0.4) is 0 Å². The van der Waals surface area contributed by atoms with Crippen molar-refractivity contribution >= 4 is 0 Å². The Morgan fingerprint density at radius 3 is 2.90 bits per heavy atom. The van der Waals surface area contributed by atoms with Gasteiger partial charge in [0.1, 0.15) is 6.67 Å². The van der Waals surface area contributed by atoms with E-state index < -0.39 is 5.54 Å². The van der Waals surface area contributed by atoms with Crippen LogP contribution in [0.25, 0.3) is 0 Å². The third-order valence-electron chi connectivity index (χ3n) is 2.09. The molecule has 0 aromatic heterocycles. The van der Waals surface area contributed by atoms with Crippen LogP contribution in [0.4, 0.5) is 4.39 Å². The summed E-state index contributed by atoms with van der Waals surface area (Å²) >= 11 is 0. The van der Waals surface area contributed by atoms with Gasteiger partial charge in [0, 0.05) is 5.54 Å². The molecule has 1 rings (SSSR count). The van der Waals surface area contributed by atoms with Crippen LogP contribution in [0.1, 0.15) is 19.3 Å². The zero-order chi connectivity index (χ0) is 7.45. The maximum Gasteiger partial charge on any atom is 0.107 e. The van der Waals surface area contributed by atoms with Gasteiger partial charge in [0.25, 0.3) is 0 Å². The lowest BCUT2D eigenvalue weighted by atomic mass is 9.94. The lowest BCUT2D eigenvalue weighted by Gasteiger charge is -2.22. The van der Waals surface area contributed by atoms with Crippen molar-refractivity contribution < 1.29 is 4.39 Å². The molecule has 1 atom stereocenters. The second-order valence-electron chi connectivity index (χ2n) is 3.10. The summed E-state index contributed by atoms with van der Waals surface area (Å²) in [7, 11) is 0. The number of rotatable bonds is 1. The molecule has 0 aliphatic carbocycles. The molecule has 3 heteroatoms. The van der Waals surface area contributed by atoms with Gasteiger partial charge in [-0.25, -0.2) is 4.39 Å². The number of alkyl halides is 1. The van der Waals surface area contributed by atoms with Crippen molar-refractivity contribution in [1.29, 1.82) is 0 Å². The molecule has 10 heavy (non-hydrogen) atoms. The van der Waals surface area contributed by atoms with Crippen molar-refractivity contribution in [1.82, 2.24) is 5.32 Å². The summed E-state index contributed by atoms with van der Waals surface area (Å²) in [5.41, 5.74) is 5.22. The second kappa shape index (κ2) is 3.30. The molecule has 1 heterocycles.